The molecule has 0 fully saturated rings. The third-order valence-electron chi connectivity index (χ3n) is 2.78. The van der Waals surface area contributed by atoms with Crippen LogP contribution < -0.4 is 5.73 Å². The molecule has 1 rings (SSSR count). The number of esters is 1. The zero-order valence-corrected chi connectivity index (χ0v) is 12.2. The predicted octanol–water partition coefficient (Wildman–Crippen LogP) is 0.289. The molecule has 7 heteroatoms. The average molecular weight is 295 g/mol. The van der Waals surface area contributed by atoms with Crippen molar-refractivity contribution in [1.29, 1.82) is 0 Å². The summed E-state index contributed by atoms with van der Waals surface area (Å²) in [5, 5.41) is 13.1. The molecule has 3 N–H and O–H groups in total. The van der Waals surface area contributed by atoms with Crippen molar-refractivity contribution in [3.8, 4) is 0 Å². The van der Waals surface area contributed by atoms with Crippen molar-refractivity contribution in [3.05, 3.63) is 35.9 Å². The molecular formula is C14H21N3O4. The fourth-order valence-corrected chi connectivity index (χ4v) is 1.82. The van der Waals surface area contributed by atoms with E-state index in [1.165, 1.54) is 12.0 Å². The van der Waals surface area contributed by atoms with Gasteiger partial charge in [0.15, 0.2) is 6.04 Å². The van der Waals surface area contributed by atoms with Crippen LogP contribution in [0.15, 0.2) is 35.5 Å². The van der Waals surface area contributed by atoms with Gasteiger partial charge in [-0.1, -0.05) is 30.3 Å². The first kappa shape index (κ1) is 16.8. The van der Waals surface area contributed by atoms with E-state index in [2.05, 4.69) is 9.99 Å². The molecule has 0 amide bonds. The van der Waals surface area contributed by atoms with Crippen molar-refractivity contribution < 1.29 is 19.5 Å². The minimum absolute atomic E-state index is 0.00606. The zero-order chi connectivity index (χ0) is 15.7. The lowest BCUT2D eigenvalue weighted by Gasteiger charge is -2.29. The predicted molar refractivity (Wildman–Crippen MR) is 78.1 cm³/mol. The molecule has 0 radical (unpaired) electrons. The number of hydrogen-bond acceptors (Lipinski definition) is 5. The molecule has 1 aromatic carbocycles. The van der Waals surface area contributed by atoms with Gasteiger partial charge in [-0.05, 0) is 17.6 Å². The van der Waals surface area contributed by atoms with E-state index in [4.69, 9.17) is 10.5 Å². The Kier molecular flexibility index (Phi) is 7.03. The van der Waals surface area contributed by atoms with E-state index in [1.807, 2.05) is 30.3 Å². The van der Waals surface area contributed by atoms with Crippen LogP contribution >= 0.6 is 0 Å². The number of carbonyl (C=O) groups is 1. The number of carbonyl (C=O) groups excluding carboxylic acids is 1. The molecule has 0 saturated carbocycles. The number of rotatable bonds is 7. The number of benzene rings is 1. The molecule has 0 bridgehead atoms. The van der Waals surface area contributed by atoms with Gasteiger partial charge in [0.25, 0.3) is 0 Å². The monoisotopic (exact) mass is 295 g/mol. The summed E-state index contributed by atoms with van der Waals surface area (Å²) in [5.41, 5.74) is 6.73. The summed E-state index contributed by atoms with van der Waals surface area (Å²) >= 11 is 0. The zero-order valence-electron chi connectivity index (χ0n) is 12.2. The van der Waals surface area contributed by atoms with Gasteiger partial charge in [-0.2, -0.15) is 0 Å². The standard InChI is InChI=1S/C14H21N3O4/c1-3-21-13(19)12(10-18)17(14(15)16-20-2)9-11-7-5-4-6-8-11/h4-8,12,18H,3,9-10H2,1-2H3,(H2,15,16). The molecule has 0 aliphatic carbocycles. The Morgan fingerprint density at radius 3 is 2.62 bits per heavy atom. The molecule has 0 aromatic heterocycles. The molecule has 7 nitrogen and oxygen atoms in total. The van der Waals surface area contributed by atoms with E-state index in [9.17, 15) is 9.90 Å². The first-order valence-electron chi connectivity index (χ1n) is 6.58. The fraction of sp³-hybridized carbons (Fsp3) is 0.429. The Balaban J connectivity index is 3.00. The summed E-state index contributed by atoms with van der Waals surface area (Å²) in [7, 11) is 1.35. The number of aliphatic hydroxyl groups is 1. The lowest BCUT2D eigenvalue weighted by Crippen LogP contribution is -2.50. The lowest BCUT2D eigenvalue weighted by molar-refractivity contribution is -0.149. The van der Waals surface area contributed by atoms with Crippen molar-refractivity contribution in [2.75, 3.05) is 20.3 Å². The van der Waals surface area contributed by atoms with Crippen molar-refractivity contribution in [2.24, 2.45) is 10.9 Å². The van der Waals surface area contributed by atoms with Crippen LogP contribution in [0.4, 0.5) is 0 Å². The molecular weight excluding hydrogens is 274 g/mol. The van der Waals surface area contributed by atoms with Crippen LogP contribution in [0.1, 0.15) is 12.5 Å². The topological polar surface area (TPSA) is 97.4 Å². The van der Waals surface area contributed by atoms with Crippen LogP contribution in [0, 0.1) is 0 Å². The molecule has 116 valence electrons. The number of guanidine groups is 1. The van der Waals surface area contributed by atoms with Crippen molar-refractivity contribution in [1.82, 2.24) is 4.90 Å². The van der Waals surface area contributed by atoms with E-state index >= 15 is 0 Å². The molecule has 1 aromatic rings. The Bertz CT molecular complexity index is 465. The van der Waals surface area contributed by atoms with E-state index in [1.54, 1.807) is 6.92 Å². The number of nitrogens with two attached hydrogens (primary N) is 1. The van der Waals surface area contributed by atoms with Crippen LogP contribution in [-0.2, 0) is 20.9 Å². The number of ether oxygens (including phenoxy) is 1. The van der Waals surface area contributed by atoms with Crippen molar-refractivity contribution in [2.45, 2.75) is 19.5 Å². The molecule has 0 aliphatic heterocycles. The largest absolute Gasteiger partial charge is 0.464 e. The first-order valence-corrected chi connectivity index (χ1v) is 6.58. The summed E-state index contributed by atoms with van der Waals surface area (Å²) in [6, 6.07) is 8.45. The molecule has 0 heterocycles. The minimum Gasteiger partial charge on any atom is -0.464 e. The van der Waals surface area contributed by atoms with Gasteiger partial charge in [0.05, 0.1) is 13.2 Å². The maximum absolute atomic E-state index is 11.9. The smallest absolute Gasteiger partial charge is 0.331 e. The van der Waals surface area contributed by atoms with Crippen LogP contribution in [0.2, 0.25) is 0 Å². The Hall–Kier alpha value is -2.28. The van der Waals surface area contributed by atoms with Crippen LogP contribution in [-0.4, -0.2) is 48.3 Å². The number of nitrogens with zero attached hydrogens (tertiary/aromatic N) is 2. The third-order valence-corrected chi connectivity index (χ3v) is 2.78. The van der Waals surface area contributed by atoms with Gasteiger partial charge in [0, 0.05) is 6.54 Å². The normalized spacial score (nSPS) is 12.6. The molecule has 0 saturated heterocycles. The van der Waals surface area contributed by atoms with Gasteiger partial charge in [0.2, 0.25) is 5.96 Å². The number of aliphatic hydroxyl groups excluding tert-OH is 1. The van der Waals surface area contributed by atoms with Crippen molar-refractivity contribution in [3.63, 3.8) is 0 Å². The van der Waals surface area contributed by atoms with Crippen LogP contribution in [0.25, 0.3) is 0 Å². The third kappa shape index (κ3) is 4.96. The highest BCUT2D eigenvalue weighted by Crippen LogP contribution is 2.10. The summed E-state index contributed by atoms with van der Waals surface area (Å²) in [6.07, 6.45) is 0. The average Bonchev–Trinajstić information content (AvgIpc) is 2.48. The maximum atomic E-state index is 11.9. The Morgan fingerprint density at radius 2 is 2.10 bits per heavy atom. The van der Waals surface area contributed by atoms with Gasteiger partial charge in [-0.3, -0.25) is 0 Å². The van der Waals surface area contributed by atoms with E-state index in [0.29, 0.717) is 6.54 Å². The second kappa shape index (κ2) is 8.80. The van der Waals surface area contributed by atoms with Gasteiger partial charge in [-0.15, -0.1) is 0 Å². The van der Waals surface area contributed by atoms with E-state index in [0.717, 1.165) is 5.56 Å². The minimum atomic E-state index is -0.941. The first-order chi connectivity index (χ1) is 10.1. The maximum Gasteiger partial charge on any atom is 0.331 e. The van der Waals surface area contributed by atoms with Gasteiger partial charge in [-0.25, -0.2) is 4.79 Å². The highest BCUT2D eigenvalue weighted by Gasteiger charge is 2.28. The number of hydrogen-bond donors (Lipinski definition) is 2. The summed E-state index contributed by atoms with van der Waals surface area (Å²) in [6.45, 7) is 1.77. The van der Waals surface area contributed by atoms with Crippen LogP contribution in [0.3, 0.4) is 0 Å². The second-order valence-electron chi connectivity index (χ2n) is 4.20. The van der Waals surface area contributed by atoms with E-state index in [-0.39, 0.29) is 12.6 Å². The van der Waals surface area contributed by atoms with Crippen LogP contribution in [0.5, 0.6) is 0 Å². The highest BCUT2D eigenvalue weighted by molar-refractivity contribution is 5.85. The Labute approximate surface area is 123 Å². The summed E-state index contributed by atoms with van der Waals surface area (Å²) in [4.78, 5) is 18.0. The van der Waals surface area contributed by atoms with Gasteiger partial charge >= 0.3 is 5.97 Å². The van der Waals surface area contributed by atoms with E-state index < -0.39 is 18.6 Å². The molecule has 1 atom stereocenters. The molecule has 21 heavy (non-hydrogen) atoms. The quantitative estimate of drug-likeness (QED) is 0.325. The molecule has 0 aliphatic rings. The molecule has 1 unspecified atom stereocenters. The van der Waals surface area contributed by atoms with Gasteiger partial charge < -0.3 is 25.3 Å². The van der Waals surface area contributed by atoms with Gasteiger partial charge in [0.1, 0.15) is 7.11 Å². The summed E-state index contributed by atoms with van der Waals surface area (Å²) < 4.78 is 4.95. The Morgan fingerprint density at radius 1 is 1.43 bits per heavy atom. The highest BCUT2D eigenvalue weighted by atomic mass is 16.6. The SMILES string of the molecule is CCOC(=O)C(CO)N(Cc1ccccc1)C(N)=NOC. The molecule has 0 spiro atoms. The second-order valence-corrected chi connectivity index (χ2v) is 4.20. The number of oxime groups is 1. The fourth-order valence-electron chi connectivity index (χ4n) is 1.82. The van der Waals surface area contributed by atoms with Crippen molar-refractivity contribution >= 4 is 11.9 Å². The lowest BCUT2D eigenvalue weighted by atomic mass is 10.2. The summed E-state index contributed by atoms with van der Waals surface area (Å²) in [5.74, 6) is -0.571.